The molecule has 104 valence electrons. The van der Waals surface area contributed by atoms with Crippen molar-refractivity contribution in [1.29, 1.82) is 0 Å². The van der Waals surface area contributed by atoms with Gasteiger partial charge in [-0.05, 0) is 29.8 Å². The van der Waals surface area contributed by atoms with Crippen LogP contribution in [0.1, 0.15) is 15.9 Å². The van der Waals surface area contributed by atoms with Crippen LogP contribution in [-0.2, 0) is 6.54 Å². The van der Waals surface area contributed by atoms with E-state index in [-0.39, 0.29) is 12.1 Å². The highest BCUT2D eigenvalue weighted by Crippen LogP contribution is 2.16. The van der Waals surface area contributed by atoms with E-state index in [9.17, 15) is 9.18 Å². The third-order valence-corrected chi connectivity index (χ3v) is 3.00. The zero-order valence-electron chi connectivity index (χ0n) is 10.8. The van der Waals surface area contributed by atoms with E-state index >= 15 is 0 Å². The molecule has 0 aliphatic heterocycles. The van der Waals surface area contributed by atoms with E-state index in [1.54, 1.807) is 18.2 Å². The van der Waals surface area contributed by atoms with Crippen molar-refractivity contribution in [2.75, 3.05) is 7.11 Å². The van der Waals surface area contributed by atoms with Gasteiger partial charge in [-0.2, -0.15) is 0 Å². The molecule has 0 radical (unpaired) electrons. The number of nitrogens with one attached hydrogen (secondary N) is 1. The summed E-state index contributed by atoms with van der Waals surface area (Å²) in [5, 5.41) is 3.23. The zero-order valence-corrected chi connectivity index (χ0v) is 11.6. The highest BCUT2D eigenvalue weighted by atomic mass is 35.5. The van der Waals surface area contributed by atoms with Gasteiger partial charge in [0, 0.05) is 17.6 Å². The molecule has 0 atom stereocenters. The fourth-order valence-electron chi connectivity index (χ4n) is 1.73. The van der Waals surface area contributed by atoms with Gasteiger partial charge in [0.25, 0.3) is 5.91 Å². The SMILES string of the molecule is COc1ccc(C(=O)NCc2cccc(Cl)c2)c(F)c1. The lowest BCUT2D eigenvalue weighted by molar-refractivity contribution is 0.0947. The monoisotopic (exact) mass is 293 g/mol. The molecular formula is C15H13ClFNO2. The van der Waals surface area contributed by atoms with Gasteiger partial charge in [0.2, 0.25) is 0 Å². The molecule has 1 amide bonds. The minimum atomic E-state index is -0.618. The van der Waals surface area contributed by atoms with Crippen molar-refractivity contribution in [3.63, 3.8) is 0 Å². The van der Waals surface area contributed by atoms with Gasteiger partial charge in [0.1, 0.15) is 11.6 Å². The third kappa shape index (κ3) is 3.48. The lowest BCUT2D eigenvalue weighted by Crippen LogP contribution is -2.23. The smallest absolute Gasteiger partial charge is 0.254 e. The first kappa shape index (κ1) is 14.3. The number of benzene rings is 2. The van der Waals surface area contributed by atoms with E-state index in [1.807, 2.05) is 6.07 Å². The van der Waals surface area contributed by atoms with Crippen LogP contribution >= 0.6 is 11.6 Å². The zero-order chi connectivity index (χ0) is 14.5. The molecule has 2 aromatic rings. The Bertz CT molecular complexity index is 631. The molecule has 0 saturated carbocycles. The Morgan fingerprint density at radius 2 is 2.10 bits per heavy atom. The van der Waals surface area contributed by atoms with Crippen LogP contribution in [0.15, 0.2) is 42.5 Å². The van der Waals surface area contributed by atoms with Gasteiger partial charge in [-0.15, -0.1) is 0 Å². The fraction of sp³-hybridized carbons (Fsp3) is 0.133. The van der Waals surface area contributed by atoms with Gasteiger partial charge in [0.05, 0.1) is 12.7 Å². The van der Waals surface area contributed by atoms with Gasteiger partial charge in [-0.25, -0.2) is 4.39 Å². The molecule has 0 bridgehead atoms. The summed E-state index contributed by atoms with van der Waals surface area (Å²) in [7, 11) is 1.44. The number of halogens is 2. The van der Waals surface area contributed by atoms with Crippen molar-refractivity contribution in [3.8, 4) is 5.75 Å². The molecule has 0 fully saturated rings. The molecule has 0 unspecified atom stereocenters. The molecular weight excluding hydrogens is 281 g/mol. The second kappa shape index (κ2) is 6.39. The van der Waals surface area contributed by atoms with Crippen molar-refractivity contribution < 1.29 is 13.9 Å². The van der Waals surface area contributed by atoms with Crippen LogP contribution < -0.4 is 10.1 Å². The number of amides is 1. The fourth-order valence-corrected chi connectivity index (χ4v) is 1.94. The Morgan fingerprint density at radius 1 is 1.30 bits per heavy atom. The van der Waals surface area contributed by atoms with Gasteiger partial charge < -0.3 is 10.1 Å². The molecule has 0 aliphatic carbocycles. The molecule has 2 rings (SSSR count). The topological polar surface area (TPSA) is 38.3 Å². The Morgan fingerprint density at radius 3 is 2.75 bits per heavy atom. The molecule has 0 aromatic heterocycles. The Kier molecular flexibility index (Phi) is 4.58. The molecule has 0 aliphatic rings. The molecule has 2 aromatic carbocycles. The summed E-state index contributed by atoms with van der Waals surface area (Å²) in [6, 6.07) is 11.2. The van der Waals surface area contributed by atoms with Crippen molar-refractivity contribution in [2.45, 2.75) is 6.54 Å². The number of rotatable bonds is 4. The van der Waals surface area contributed by atoms with Crippen LogP contribution in [0.25, 0.3) is 0 Å². The second-order valence-electron chi connectivity index (χ2n) is 4.16. The van der Waals surface area contributed by atoms with Gasteiger partial charge in [0.15, 0.2) is 0 Å². The summed E-state index contributed by atoms with van der Waals surface area (Å²) in [6.45, 7) is 0.283. The average Bonchev–Trinajstić information content (AvgIpc) is 2.44. The van der Waals surface area contributed by atoms with Gasteiger partial charge >= 0.3 is 0 Å². The normalized spacial score (nSPS) is 10.2. The highest BCUT2D eigenvalue weighted by molar-refractivity contribution is 6.30. The van der Waals surface area contributed by atoms with Crippen LogP contribution in [0.4, 0.5) is 4.39 Å². The van der Waals surface area contributed by atoms with E-state index in [1.165, 1.54) is 25.3 Å². The minimum Gasteiger partial charge on any atom is -0.497 e. The highest BCUT2D eigenvalue weighted by Gasteiger charge is 2.12. The average molecular weight is 294 g/mol. The first-order valence-corrected chi connectivity index (χ1v) is 6.34. The Balaban J connectivity index is 2.05. The molecule has 0 heterocycles. The summed E-state index contributed by atoms with van der Waals surface area (Å²) in [6.07, 6.45) is 0. The maximum Gasteiger partial charge on any atom is 0.254 e. The van der Waals surface area contributed by atoms with Gasteiger partial charge in [-0.1, -0.05) is 23.7 Å². The maximum absolute atomic E-state index is 13.7. The van der Waals surface area contributed by atoms with E-state index in [4.69, 9.17) is 16.3 Å². The van der Waals surface area contributed by atoms with Crippen molar-refractivity contribution in [2.24, 2.45) is 0 Å². The molecule has 0 spiro atoms. The lowest BCUT2D eigenvalue weighted by Gasteiger charge is -2.07. The molecule has 3 nitrogen and oxygen atoms in total. The standard InChI is InChI=1S/C15H13ClFNO2/c1-20-12-5-6-13(14(17)8-12)15(19)18-9-10-3-2-4-11(16)7-10/h2-8H,9H2,1H3,(H,18,19). The van der Waals surface area contributed by atoms with Crippen molar-refractivity contribution in [1.82, 2.24) is 5.32 Å². The summed E-state index contributed by atoms with van der Waals surface area (Å²) in [5.41, 5.74) is 0.826. The van der Waals surface area contributed by atoms with Crippen molar-refractivity contribution >= 4 is 17.5 Å². The molecule has 0 saturated heterocycles. The quantitative estimate of drug-likeness (QED) is 0.938. The number of methoxy groups -OCH3 is 1. The summed E-state index contributed by atoms with van der Waals surface area (Å²) in [5.74, 6) is -0.730. The predicted molar refractivity (Wildman–Crippen MR) is 75.6 cm³/mol. The largest absolute Gasteiger partial charge is 0.497 e. The van der Waals surface area contributed by atoms with Gasteiger partial charge in [-0.3, -0.25) is 4.79 Å². The summed E-state index contributed by atoms with van der Waals surface area (Å²) in [4.78, 5) is 11.9. The Hall–Kier alpha value is -2.07. The molecule has 5 heteroatoms. The third-order valence-electron chi connectivity index (χ3n) is 2.76. The number of carbonyl (C=O) groups excluding carboxylic acids is 1. The van der Waals surface area contributed by atoms with E-state index in [0.29, 0.717) is 10.8 Å². The lowest BCUT2D eigenvalue weighted by atomic mass is 10.1. The van der Waals surface area contributed by atoms with Crippen molar-refractivity contribution in [3.05, 3.63) is 64.4 Å². The van der Waals surface area contributed by atoms with E-state index in [0.717, 1.165) is 5.56 Å². The molecule has 1 N–H and O–H groups in total. The van der Waals surface area contributed by atoms with E-state index in [2.05, 4.69) is 5.32 Å². The number of hydrogen-bond donors (Lipinski definition) is 1. The minimum absolute atomic E-state index is 0.0205. The number of hydrogen-bond acceptors (Lipinski definition) is 2. The van der Waals surface area contributed by atoms with Crippen LogP contribution in [0.2, 0.25) is 5.02 Å². The number of carbonyl (C=O) groups is 1. The van der Waals surface area contributed by atoms with Crippen LogP contribution in [0.3, 0.4) is 0 Å². The summed E-state index contributed by atoms with van der Waals surface area (Å²) < 4.78 is 18.6. The number of ether oxygens (including phenoxy) is 1. The van der Waals surface area contributed by atoms with Crippen LogP contribution in [-0.4, -0.2) is 13.0 Å². The van der Waals surface area contributed by atoms with E-state index < -0.39 is 11.7 Å². The Labute approximate surface area is 121 Å². The summed E-state index contributed by atoms with van der Waals surface area (Å²) >= 11 is 5.85. The van der Waals surface area contributed by atoms with Crippen LogP contribution in [0, 0.1) is 5.82 Å². The first-order valence-electron chi connectivity index (χ1n) is 5.96. The maximum atomic E-state index is 13.7. The van der Waals surface area contributed by atoms with Crippen LogP contribution in [0.5, 0.6) is 5.75 Å². The second-order valence-corrected chi connectivity index (χ2v) is 4.59. The first-order chi connectivity index (χ1) is 9.60. The molecule has 20 heavy (non-hydrogen) atoms. The predicted octanol–water partition coefficient (Wildman–Crippen LogP) is 3.42.